The fourth-order valence-corrected chi connectivity index (χ4v) is 2.94. The number of hydrogen-bond donors (Lipinski definition) is 2. The van der Waals surface area contributed by atoms with Crippen molar-refractivity contribution in [2.45, 2.75) is 0 Å². The molecule has 0 aliphatic carbocycles. The molecule has 25 heavy (non-hydrogen) atoms. The zero-order chi connectivity index (χ0) is 15.9. The largest absolute Gasteiger partial charge is 4.00 e. The van der Waals surface area contributed by atoms with Crippen LogP contribution in [0.5, 0.6) is 0 Å². The van der Waals surface area contributed by atoms with Gasteiger partial charge in [0.15, 0.2) is 0 Å². The average Bonchev–Trinajstić information content (AvgIpc) is 3.32. The summed E-state index contributed by atoms with van der Waals surface area (Å²) >= 11 is 0. The molecule has 114 valence electrons. The molecule has 3 aromatic heterocycles. The summed E-state index contributed by atoms with van der Waals surface area (Å²) in [6, 6.07) is 16.4. The standard InChI is InChI=1S/C20H14N4.Zr/c1-2-14-10-16-5-6-18(23-16)12-20-8-7-19(24-20)11-17-4-3-15(22-17)9-13(1)21-14;/h1-12,21-22H;/q;+4. The van der Waals surface area contributed by atoms with Crippen LogP contribution in [0.25, 0.3) is 46.4 Å². The van der Waals surface area contributed by atoms with Gasteiger partial charge in [0.2, 0.25) is 0 Å². The molecular weight excluding hydrogens is 387 g/mol. The molecule has 0 unspecified atom stereocenters. The Bertz CT molecular complexity index is 1080. The second-order valence-electron chi connectivity index (χ2n) is 5.91. The fourth-order valence-electron chi connectivity index (χ4n) is 2.94. The van der Waals surface area contributed by atoms with Gasteiger partial charge in [0, 0.05) is 22.1 Å². The van der Waals surface area contributed by atoms with Crippen molar-refractivity contribution in [3.05, 3.63) is 71.3 Å². The van der Waals surface area contributed by atoms with Gasteiger partial charge in [0.25, 0.3) is 0 Å². The number of aromatic nitrogens is 4. The van der Waals surface area contributed by atoms with E-state index < -0.39 is 0 Å². The van der Waals surface area contributed by atoms with Gasteiger partial charge in [-0.15, -0.1) is 0 Å². The Labute approximate surface area is 163 Å². The summed E-state index contributed by atoms with van der Waals surface area (Å²) in [7, 11) is 0. The minimum absolute atomic E-state index is 0. The van der Waals surface area contributed by atoms with E-state index in [-0.39, 0.29) is 26.2 Å². The number of H-pyrrole nitrogens is 2. The molecule has 2 aliphatic heterocycles. The third-order valence-electron chi connectivity index (χ3n) is 4.04. The summed E-state index contributed by atoms with van der Waals surface area (Å²) in [5.74, 6) is 0. The van der Waals surface area contributed by atoms with Gasteiger partial charge in [-0.1, -0.05) is 0 Å². The smallest absolute Gasteiger partial charge is 0.355 e. The molecule has 5 heteroatoms. The molecule has 5 heterocycles. The van der Waals surface area contributed by atoms with Crippen LogP contribution < -0.4 is 0 Å². The van der Waals surface area contributed by atoms with Crippen molar-refractivity contribution < 1.29 is 26.2 Å². The zero-order valence-corrected chi connectivity index (χ0v) is 15.8. The quantitative estimate of drug-likeness (QED) is 0.397. The average molecular weight is 402 g/mol. The van der Waals surface area contributed by atoms with Crippen LogP contribution in [0, 0.1) is 0 Å². The first-order valence-corrected chi connectivity index (χ1v) is 7.85. The Morgan fingerprint density at radius 2 is 0.840 bits per heavy atom. The Hall–Kier alpha value is -2.52. The van der Waals surface area contributed by atoms with Crippen molar-refractivity contribution in [1.29, 1.82) is 0 Å². The summed E-state index contributed by atoms with van der Waals surface area (Å²) in [6.45, 7) is 0. The number of aromatic amines is 2. The minimum Gasteiger partial charge on any atom is -0.355 e. The predicted molar refractivity (Wildman–Crippen MR) is 98.9 cm³/mol. The van der Waals surface area contributed by atoms with Gasteiger partial charge in [-0.05, 0) is 72.8 Å². The van der Waals surface area contributed by atoms with Gasteiger partial charge >= 0.3 is 26.2 Å². The summed E-state index contributed by atoms with van der Waals surface area (Å²) in [5.41, 5.74) is 7.86. The van der Waals surface area contributed by atoms with Crippen LogP contribution in [-0.2, 0) is 26.2 Å². The fraction of sp³-hybridized carbons (Fsp3) is 0. The maximum Gasteiger partial charge on any atom is 4.00 e. The Morgan fingerprint density at radius 1 is 0.480 bits per heavy atom. The van der Waals surface area contributed by atoms with E-state index in [1.54, 1.807) is 0 Å². The Morgan fingerprint density at radius 3 is 1.28 bits per heavy atom. The number of nitrogens with one attached hydrogen (secondary N) is 2. The monoisotopic (exact) mass is 400 g/mol. The Balaban J connectivity index is 0.00000157. The molecule has 5 rings (SSSR count). The predicted octanol–water partition coefficient (Wildman–Crippen LogP) is 4.65. The van der Waals surface area contributed by atoms with Crippen molar-refractivity contribution in [2.24, 2.45) is 0 Å². The van der Waals surface area contributed by atoms with Crippen LogP contribution in [0.4, 0.5) is 0 Å². The minimum atomic E-state index is 0. The molecule has 3 aromatic rings. The maximum absolute atomic E-state index is 4.62. The molecule has 4 nitrogen and oxygen atoms in total. The molecule has 2 aliphatic rings. The van der Waals surface area contributed by atoms with Crippen LogP contribution in [0.15, 0.2) is 48.5 Å². The van der Waals surface area contributed by atoms with Crippen LogP contribution in [-0.4, -0.2) is 19.9 Å². The molecule has 0 fully saturated rings. The summed E-state index contributed by atoms with van der Waals surface area (Å²) < 4.78 is 0. The maximum atomic E-state index is 4.62. The Kier molecular flexibility index (Phi) is 4.10. The van der Waals surface area contributed by atoms with E-state index in [1.807, 2.05) is 42.5 Å². The molecule has 2 N–H and O–H groups in total. The molecule has 0 spiro atoms. The molecule has 0 saturated heterocycles. The first-order valence-electron chi connectivity index (χ1n) is 7.85. The van der Waals surface area contributed by atoms with Gasteiger partial charge in [-0.25, -0.2) is 9.97 Å². The van der Waals surface area contributed by atoms with E-state index in [9.17, 15) is 0 Å². The zero-order valence-electron chi connectivity index (χ0n) is 13.3. The summed E-state index contributed by atoms with van der Waals surface area (Å²) in [6.07, 6.45) is 8.05. The first-order chi connectivity index (χ1) is 11.8. The summed E-state index contributed by atoms with van der Waals surface area (Å²) in [4.78, 5) is 16.0. The number of fused-ring (bicyclic) bond motifs is 8. The van der Waals surface area contributed by atoms with Crippen LogP contribution >= 0.6 is 0 Å². The molecular formula is C20H14N4Zr+4. The molecule has 0 radical (unpaired) electrons. The van der Waals surface area contributed by atoms with Gasteiger partial charge in [0.05, 0.1) is 22.8 Å². The van der Waals surface area contributed by atoms with Gasteiger partial charge in [-0.3, -0.25) is 0 Å². The van der Waals surface area contributed by atoms with Gasteiger partial charge < -0.3 is 9.97 Å². The van der Waals surface area contributed by atoms with E-state index >= 15 is 0 Å². The molecule has 8 bridgehead atoms. The molecule has 0 saturated carbocycles. The van der Waals surface area contributed by atoms with Crippen molar-refractivity contribution in [1.82, 2.24) is 19.9 Å². The van der Waals surface area contributed by atoms with Crippen LogP contribution in [0.1, 0.15) is 22.8 Å². The molecule has 0 atom stereocenters. The van der Waals surface area contributed by atoms with E-state index in [2.05, 4.69) is 50.3 Å². The topological polar surface area (TPSA) is 57.4 Å². The summed E-state index contributed by atoms with van der Waals surface area (Å²) in [5, 5.41) is 0. The number of rotatable bonds is 0. The van der Waals surface area contributed by atoms with Crippen molar-refractivity contribution >= 4 is 46.4 Å². The number of nitrogens with zero attached hydrogens (tertiary/aromatic N) is 2. The normalized spacial score (nSPS) is 12.2. The first kappa shape index (κ1) is 16.0. The molecule has 0 aromatic carbocycles. The SMILES string of the molecule is C1=Cc2cc3ccc(cc4ccc(cc5nc(cc1n2)C=C5)[nH]4)[nH]3.[Zr+4]. The van der Waals surface area contributed by atoms with Crippen LogP contribution in [0.2, 0.25) is 0 Å². The van der Waals surface area contributed by atoms with E-state index in [0.717, 1.165) is 44.8 Å². The second kappa shape index (κ2) is 6.42. The third-order valence-corrected chi connectivity index (χ3v) is 4.04. The van der Waals surface area contributed by atoms with Crippen molar-refractivity contribution in [3.8, 4) is 0 Å². The van der Waals surface area contributed by atoms with Crippen molar-refractivity contribution in [3.63, 3.8) is 0 Å². The van der Waals surface area contributed by atoms with E-state index in [1.165, 1.54) is 0 Å². The third kappa shape index (κ3) is 3.33. The second-order valence-corrected chi connectivity index (χ2v) is 5.91. The van der Waals surface area contributed by atoms with Gasteiger partial charge in [0.1, 0.15) is 0 Å². The van der Waals surface area contributed by atoms with Gasteiger partial charge in [-0.2, -0.15) is 0 Å². The molecule has 0 amide bonds. The van der Waals surface area contributed by atoms with Crippen molar-refractivity contribution in [2.75, 3.05) is 0 Å². The van der Waals surface area contributed by atoms with E-state index in [0.29, 0.717) is 0 Å². The van der Waals surface area contributed by atoms with Crippen LogP contribution in [0.3, 0.4) is 0 Å². The van der Waals surface area contributed by atoms with E-state index in [4.69, 9.17) is 0 Å². The number of hydrogen-bond acceptors (Lipinski definition) is 2.